The number of hydrogen-bond acceptors (Lipinski definition) is 7. The smallest absolute Gasteiger partial charge is 0.350 e. The van der Waals surface area contributed by atoms with Gasteiger partial charge in [0.2, 0.25) is 17.7 Å². The standard InChI is InChI=1S/C14H17N5O4S/c1-4-5-19-12(21)9(8(2)16-13(19)22)6-11-17-18-14(23-11)24-7-10(20)15-3/h4,9H,1,5-7H2,2-3H3,(H,15,20). The van der Waals surface area contributed by atoms with Crippen molar-refractivity contribution in [1.29, 1.82) is 0 Å². The zero-order valence-corrected chi connectivity index (χ0v) is 14.1. The van der Waals surface area contributed by atoms with Gasteiger partial charge in [-0.3, -0.25) is 14.5 Å². The summed E-state index contributed by atoms with van der Waals surface area (Å²) in [6, 6.07) is -0.596. The van der Waals surface area contributed by atoms with E-state index in [1.165, 1.54) is 13.1 Å². The van der Waals surface area contributed by atoms with Gasteiger partial charge >= 0.3 is 6.03 Å². The van der Waals surface area contributed by atoms with Crippen LogP contribution in [0.5, 0.6) is 0 Å². The number of carbonyl (C=O) groups excluding carboxylic acids is 3. The highest BCUT2D eigenvalue weighted by atomic mass is 32.2. The van der Waals surface area contributed by atoms with E-state index in [1.807, 2.05) is 0 Å². The topological polar surface area (TPSA) is 118 Å². The van der Waals surface area contributed by atoms with Gasteiger partial charge < -0.3 is 9.73 Å². The van der Waals surface area contributed by atoms with Crippen LogP contribution in [0.15, 0.2) is 27.3 Å². The van der Waals surface area contributed by atoms with Gasteiger partial charge in [0.05, 0.1) is 11.7 Å². The molecule has 1 aliphatic heterocycles. The van der Waals surface area contributed by atoms with Crippen LogP contribution in [-0.2, 0) is 16.0 Å². The summed E-state index contributed by atoms with van der Waals surface area (Å²) < 4.78 is 5.43. The lowest BCUT2D eigenvalue weighted by molar-refractivity contribution is -0.130. The van der Waals surface area contributed by atoms with E-state index in [-0.39, 0.29) is 41.6 Å². The van der Waals surface area contributed by atoms with Gasteiger partial charge in [0.1, 0.15) is 0 Å². The van der Waals surface area contributed by atoms with E-state index in [1.54, 1.807) is 6.92 Å². The number of rotatable bonds is 7. The number of nitrogens with one attached hydrogen (secondary N) is 1. The molecular formula is C14H17N5O4S. The van der Waals surface area contributed by atoms with E-state index in [9.17, 15) is 14.4 Å². The Morgan fingerprint density at radius 2 is 2.21 bits per heavy atom. The molecule has 9 nitrogen and oxygen atoms in total. The van der Waals surface area contributed by atoms with Gasteiger partial charge in [0, 0.05) is 25.7 Å². The molecule has 24 heavy (non-hydrogen) atoms. The van der Waals surface area contributed by atoms with Crippen molar-refractivity contribution < 1.29 is 18.8 Å². The van der Waals surface area contributed by atoms with Crippen molar-refractivity contribution >= 4 is 35.3 Å². The molecule has 2 rings (SSSR count). The zero-order chi connectivity index (χ0) is 17.7. The number of aliphatic imine (C=N–C) groups is 1. The molecule has 0 saturated heterocycles. The first-order valence-electron chi connectivity index (χ1n) is 7.13. The van der Waals surface area contributed by atoms with Crippen molar-refractivity contribution in [2.75, 3.05) is 19.3 Å². The highest BCUT2D eigenvalue weighted by Crippen LogP contribution is 2.21. The minimum absolute atomic E-state index is 0.0992. The SMILES string of the molecule is C=CCN1C(=O)N=C(C)C(Cc2nnc(SCC(=O)NC)o2)C1=O. The van der Waals surface area contributed by atoms with Crippen LogP contribution >= 0.6 is 11.8 Å². The summed E-state index contributed by atoms with van der Waals surface area (Å²) in [6.45, 7) is 5.24. The maximum Gasteiger partial charge on any atom is 0.350 e. The van der Waals surface area contributed by atoms with Crippen LogP contribution in [0.3, 0.4) is 0 Å². The van der Waals surface area contributed by atoms with Crippen LogP contribution in [0.25, 0.3) is 0 Å². The fourth-order valence-corrected chi connectivity index (χ4v) is 2.69. The fraction of sp³-hybridized carbons (Fsp3) is 0.429. The Hall–Kier alpha value is -2.49. The molecule has 0 fully saturated rings. The molecule has 0 bridgehead atoms. The molecule has 1 aromatic rings. The molecule has 1 atom stereocenters. The van der Waals surface area contributed by atoms with Crippen molar-refractivity contribution in [2.24, 2.45) is 10.9 Å². The normalized spacial score (nSPS) is 17.7. The number of urea groups is 1. The Kier molecular flexibility index (Phi) is 5.85. The second kappa shape index (κ2) is 7.86. The third kappa shape index (κ3) is 4.07. The van der Waals surface area contributed by atoms with Gasteiger partial charge in [-0.05, 0) is 6.92 Å². The number of hydrogen-bond donors (Lipinski definition) is 1. The van der Waals surface area contributed by atoms with E-state index in [0.717, 1.165) is 16.7 Å². The second-order valence-corrected chi connectivity index (χ2v) is 5.88. The Balaban J connectivity index is 2.07. The summed E-state index contributed by atoms with van der Waals surface area (Å²) in [5, 5.41) is 10.4. The molecular weight excluding hydrogens is 334 g/mol. The molecule has 0 radical (unpaired) electrons. The molecule has 1 aromatic heterocycles. The summed E-state index contributed by atoms with van der Waals surface area (Å²) in [7, 11) is 1.54. The third-order valence-electron chi connectivity index (χ3n) is 3.32. The summed E-state index contributed by atoms with van der Waals surface area (Å²) in [6.07, 6.45) is 1.60. The molecule has 0 aliphatic carbocycles. The van der Waals surface area contributed by atoms with Gasteiger partial charge in [-0.2, -0.15) is 0 Å². The first-order valence-corrected chi connectivity index (χ1v) is 8.12. The van der Waals surface area contributed by atoms with E-state index in [2.05, 4.69) is 27.1 Å². The lowest BCUT2D eigenvalue weighted by Crippen LogP contribution is -2.46. The third-order valence-corrected chi connectivity index (χ3v) is 4.13. The summed E-state index contributed by atoms with van der Waals surface area (Å²) in [4.78, 5) is 40.3. The molecule has 0 saturated carbocycles. The minimum Gasteiger partial charge on any atom is -0.416 e. The monoisotopic (exact) mass is 351 g/mol. The lowest BCUT2D eigenvalue weighted by atomic mass is 9.97. The Morgan fingerprint density at radius 3 is 2.88 bits per heavy atom. The van der Waals surface area contributed by atoms with Gasteiger partial charge in [0.15, 0.2) is 0 Å². The molecule has 0 aromatic carbocycles. The number of imide groups is 1. The van der Waals surface area contributed by atoms with Crippen molar-refractivity contribution in [3.8, 4) is 0 Å². The summed E-state index contributed by atoms with van der Waals surface area (Å²) in [5.74, 6) is -0.771. The summed E-state index contributed by atoms with van der Waals surface area (Å²) in [5.41, 5.74) is 0.406. The molecule has 1 unspecified atom stereocenters. The molecule has 1 aliphatic rings. The first-order chi connectivity index (χ1) is 11.5. The number of aromatic nitrogens is 2. The van der Waals surface area contributed by atoms with Gasteiger partial charge in [0.25, 0.3) is 5.22 Å². The molecule has 10 heteroatoms. The van der Waals surface area contributed by atoms with Crippen molar-refractivity contribution in [3.63, 3.8) is 0 Å². The zero-order valence-electron chi connectivity index (χ0n) is 13.3. The van der Waals surface area contributed by atoms with E-state index in [0.29, 0.717) is 5.71 Å². The van der Waals surface area contributed by atoms with Crippen molar-refractivity contribution in [1.82, 2.24) is 20.4 Å². The Labute approximate surface area is 142 Å². The van der Waals surface area contributed by atoms with E-state index >= 15 is 0 Å². The average Bonchev–Trinajstić information content (AvgIpc) is 3.00. The molecule has 2 heterocycles. The highest BCUT2D eigenvalue weighted by Gasteiger charge is 2.36. The largest absolute Gasteiger partial charge is 0.416 e. The number of thioether (sulfide) groups is 1. The highest BCUT2D eigenvalue weighted by molar-refractivity contribution is 7.99. The summed E-state index contributed by atoms with van der Waals surface area (Å²) >= 11 is 1.10. The predicted molar refractivity (Wildman–Crippen MR) is 86.7 cm³/mol. The average molecular weight is 351 g/mol. The van der Waals surface area contributed by atoms with Gasteiger partial charge in [-0.15, -0.1) is 16.8 Å². The van der Waals surface area contributed by atoms with Crippen LogP contribution in [0.2, 0.25) is 0 Å². The molecule has 128 valence electrons. The predicted octanol–water partition coefficient (Wildman–Crippen LogP) is 0.675. The molecule has 0 spiro atoms. The van der Waals surface area contributed by atoms with Crippen LogP contribution in [0.1, 0.15) is 12.8 Å². The fourth-order valence-electron chi connectivity index (χ4n) is 2.04. The Bertz CT molecular complexity index is 699. The van der Waals surface area contributed by atoms with Crippen LogP contribution in [-0.4, -0.2) is 58.0 Å². The minimum atomic E-state index is -0.639. The van der Waals surface area contributed by atoms with E-state index in [4.69, 9.17) is 4.42 Å². The van der Waals surface area contributed by atoms with Crippen LogP contribution < -0.4 is 5.32 Å². The van der Waals surface area contributed by atoms with Crippen molar-refractivity contribution in [3.05, 3.63) is 18.5 Å². The van der Waals surface area contributed by atoms with Gasteiger partial charge in [-0.25, -0.2) is 9.79 Å². The van der Waals surface area contributed by atoms with Gasteiger partial charge in [-0.1, -0.05) is 17.8 Å². The number of amides is 4. The maximum atomic E-state index is 12.4. The van der Waals surface area contributed by atoms with E-state index < -0.39 is 11.9 Å². The van der Waals surface area contributed by atoms with Crippen molar-refractivity contribution in [2.45, 2.75) is 18.6 Å². The second-order valence-electron chi connectivity index (χ2n) is 4.95. The number of carbonyl (C=O) groups is 3. The van der Waals surface area contributed by atoms with Crippen LogP contribution in [0.4, 0.5) is 4.79 Å². The first kappa shape index (κ1) is 17.9. The number of nitrogens with zero attached hydrogens (tertiary/aromatic N) is 4. The molecule has 4 amide bonds. The molecule has 1 N–H and O–H groups in total. The van der Waals surface area contributed by atoms with Crippen LogP contribution in [0, 0.1) is 5.92 Å². The lowest BCUT2D eigenvalue weighted by Gasteiger charge is -2.27. The quantitative estimate of drug-likeness (QED) is 0.567. The maximum absolute atomic E-state index is 12.4. The Morgan fingerprint density at radius 1 is 1.46 bits per heavy atom.